The smallest absolute Gasteiger partial charge is 0.368 e. The second kappa shape index (κ2) is 8.00. The van der Waals surface area contributed by atoms with Crippen molar-refractivity contribution in [3.05, 3.63) is 29.8 Å². The lowest BCUT2D eigenvalue weighted by Gasteiger charge is -2.35. The lowest BCUT2D eigenvalue weighted by molar-refractivity contribution is -0.144. The van der Waals surface area contributed by atoms with Crippen LogP contribution in [0.4, 0.5) is 13.2 Å². The van der Waals surface area contributed by atoms with Crippen LogP contribution in [0.3, 0.4) is 0 Å². The van der Waals surface area contributed by atoms with Crippen LogP contribution < -0.4 is 0 Å². The van der Waals surface area contributed by atoms with Gasteiger partial charge in [0.25, 0.3) is 5.91 Å². The maximum absolute atomic E-state index is 12.7. The third-order valence-corrected chi connectivity index (χ3v) is 6.91. The number of nitrogens with zero attached hydrogens (tertiary/aromatic N) is 2. The molecule has 6 nitrogen and oxygen atoms in total. The highest BCUT2D eigenvalue weighted by molar-refractivity contribution is 7.89. The van der Waals surface area contributed by atoms with Crippen molar-refractivity contribution in [3.63, 3.8) is 0 Å². The molecule has 1 amide bonds. The van der Waals surface area contributed by atoms with E-state index in [1.165, 1.54) is 4.31 Å². The van der Waals surface area contributed by atoms with Gasteiger partial charge in [-0.15, -0.1) is 0 Å². The number of piperazine rings is 1. The Morgan fingerprint density at radius 3 is 2.21 bits per heavy atom. The molecular weight excluding hydrogens is 397 g/mol. The molecule has 1 aromatic rings. The van der Waals surface area contributed by atoms with E-state index in [2.05, 4.69) is 0 Å². The predicted molar refractivity (Wildman–Crippen MR) is 94.9 cm³/mol. The molecule has 1 aliphatic heterocycles. The summed E-state index contributed by atoms with van der Waals surface area (Å²) in [4.78, 5) is 13.8. The quantitative estimate of drug-likeness (QED) is 0.709. The first kappa shape index (κ1) is 21.1. The van der Waals surface area contributed by atoms with E-state index in [0.29, 0.717) is 12.5 Å². The summed E-state index contributed by atoms with van der Waals surface area (Å²) in [7, 11) is -3.91. The third kappa shape index (κ3) is 4.84. The highest BCUT2D eigenvalue weighted by atomic mass is 32.2. The van der Waals surface area contributed by atoms with Crippen LogP contribution >= 0.6 is 0 Å². The predicted octanol–water partition coefficient (Wildman–Crippen LogP) is 2.35. The number of alkyl halides is 3. The second-order valence-corrected chi connectivity index (χ2v) is 9.11. The normalized spacial score (nSPS) is 20.2. The first-order chi connectivity index (χ1) is 13.1. The van der Waals surface area contributed by atoms with E-state index in [1.54, 1.807) is 11.8 Å². The minimum absolute atomic E-state index is 0.0877. The number of ether oxygens (including phenoxy) is 1. The van der Waals surface area contributed by atoms with Crippen LogP contribution in [0.1, 0.15) is 25.3 Å². The van der Waals surface area contributed by atoms with E-state index < -0.39 is 27.9 Å². The SMILES string of the molecule is CC(OCC1CC1)C(=O)N1CCN(S(=O)(=O)c2ccc(C(F)(F)F)cc2)CC1. The van der Waals surface area contributed by atoms with Gasteiger partial charge in [-0.1, -0.05) is 0 Å². The van der Waals surface area contributed by atoms with Gasteiger partial charge in [0.1, 0.15) is 6.10 Å². The fraction of sp³-hybridized carbons (Fsp3) is 0.611. The zero-order chi connectivity index (χ0) is 20.5. The van der Waals surface area contributed by atoms with E-state index >= 15 is 0 Å². The summed E-state index contributed by atoms with van der Waals surface area (Å²) in [5.41, 5.74) is -0.901. The van der Waals surface area contributed by atoms with Gasteiger partial charge in [-0.05, 0) is 49.9 Å². The summed E-state index contributed by atoms with van der Waals surface area (Å²) in [6.45, 7) is 2.87. The van der Waals surface area contributed by atoms with E-state index in [4.69, 9.17) is 4.74 Å². The molecule has 28 heavy (non-hydrogen) atoms. The molecule has 1 saturated heterocycles. The first-order valence-corrected chi connectivity index (χ1v) is 10.6. The molecule has 1 atom stereocenters. The summed E-state index contributed by atoms with van der Waals surface area (Å²) >= 11 is 0. The molecule has 0 N–H and O–H groups in total. The third-order valence-electron chi connectivity index (χ3n) is 5.00. The molecule has 0 aromatic heterocycles. The number of sulfonamides is 1. The molecule has 1 aromatic carbocycles. The van der Waals surface area contributed by atoms with E-state index in [1.807, 2.05) is 0 Å². The molecule has 1 aliphatic carbocycles. The molecule has 10 heteroatoms. The van der Waals surface area contributed by atoms with Crippen LogP contribution in [0.5, 0.6) is 0 Å². The molecule has 2 fully saturated rings. The number of halogens is 3. The Kier molecular flexibility index (Phi) is 6.02. The van der Waals surface area contributed by atoms with Crippen LogP contribution in [0.25, 0.3) is 0 Å². The van der Waals surface area contributed by atoms with Crippen LogP contribution in [0.2, 0.25) is 0 Å². The number of amides is 1. The van der Waals surface area contributed by atoms with Gasteiger partial charge in [0, 0.05) is 26.2 Å². The second-order valence-electron chi connectivity index (χ2n) is 7.17. The minimum atomic E-state index is -4.52. The molecule has 0 spiro atoms. The Hall–Kier alpha value is -1.65. The molecule has 1 saturated carbocycles. The van der Waals surface area contributed by atoms with Gasteiger partial charge in [0.05, 0.1) is 17.1 Å². The summed E-state index contributed by atoms with van der Waals surface area (Å²) in [6, 6.07) is 3.43. The molecule has 156 valence electrons. The van der Waals surface area contributed by atoms with Gasteiger partial charge < -0.3 is 9.64 Å². The molecule has 2 aliphatic rings. The average molecular weight is 420 g/mol. The summed E-state index contributed by atoms with van der Waals surface area (Å²) in [5.74, 6) is 0.369. The number of rotatable bonds is 6. The summed E-state index contributed by atoms with van der Waals surface area (Å²) in [5, 5.41) is 0. The fourth-order valence-corrected chi connectivity index (χ4v) is 4.43. The maximum Gasteiger partial charge on any atom is 0.416 e. The van der Waals surface area contributed by atoms with E-state index in [9.17, 15) is 26.4 Å². The molecule has 1 unspecified atom stereocenters. The Morgan fingerprint density at radius 2 is 1.71 bits per heavy atom. The van der Waals surface area contributed by atoms with Crippen LogP contribution in [0.15, 0.2) is 29.2 Å². The van der Waals surface area contributed by atoms with Gasteiger partial charge >= 0.3 is 6.18 Å². The van der Waals surface area contributed by atoms with E-state index in [0.717, 1.165) is 37.1 Å². The van der Waals surface area contributed by atoms with Crippen LogP contribution in [-0.2, 0) is 25.7 Å². The highest BCUT2D eigenvalue weighted by Gasteiger charge is 2.34. The largest absolute Gasteiger partial charge is 0.416 e. The van der Waals surface area contributed by atoms with Crippen LogP contribution in [-0.4, -0.2) is 62.4 Å². The molecular formula is C18H23F3N2O4S. The van der Waals surface area contributed by atoms with Gasteiger partial charge in [-0.25, -0.2) is 8.42 Å². The van der Waals surface area contributed by atoms with E-state index in [-0.39, 0.29) is 37.0 Å². The Morgan fingerprint density at radius 1 is 1.14 bits per heavy atom. The molecule has 0 radical (unpaired) electrons. The highest BCUT2D eigenvalue weighted by Crippen LogP contribution is 2.31. The Bertz CT molecular complexity index is 799. The van der Waals surface area contributed by atoms with Crippen molar-refractivity contribution < 1.29 is 31.1 Å². The average Bonchev–Trinajstić information content (AvgIpc) is 3.49. The number of benzene rings is 1. The zero-order valence-corrected chi connectivity index (χ0v) is 16.3. The van der Waals surface area contributed by atoms with Gasteiger partial charge in [0.15, 0.2) is 0 Å². The number of carbonyl (C=O) groups is 1. The van der Waals surface area contributed by atoms with Crippen molar-refractivity contribution in [3.8, 4) is 0 Å². The maximum atomic E-state index is 12.7. The molecule has 1 heterocycles. The first-order valence-electron chi connectivity index (χ1n) is 9.17. The molecule has 3 rings (SSSR count). The summed E-state index contributed by atoms with van der Waals surface area (Å²) in [6.07, 6.45) is -2.84. The Balaban J connectivity index is 1.57. The topological polar surface area (TPSA) is 66.9 Å². The standard InChI is InChI=1S/C18H23F3N2O4S/c1-13(27-12-14-2-3-14)17(24)22-8-10-23(11-9-22)28(25,26)16-6-4-15(5-7-16)18(19,20)21/h4-7,13-14H,2-3,8-12H2,1H3. The van der Waals surface area contributed by atoms with Crippen molar-refractivity contribution >= 4 is 15.9 Å². The number of hydrogen-bond acceptors (Lipinski definition) is 4. The fourth-order valence-electron chi connectivity index (χ4n) is 3.01. The number of hydrogen-bond donors (Lipinski definition) is 0. The van der Waals surface area contributed by atoms with Gasteiger partial charge in [-0.3, -0.25) is 4.79 Å². The Labute approximate surface area is 162 Å². The van der Waals surface area contributed by atoms with Gasteiger partial charge in [-0.2, -0.15) is 17.5 Å². The van der Waals surface area contributed by atoms with Crippen LogP contribution in [0, 0.1) is 5.92 Å². The van der Waals surface area contributed by atoms with Crippen molar-refractivity contribution in [1.82, 2.24) is 9.21 Å². The lowest BCUT2D eigenvalue weighted by atomic mass is 10.2. The summed E-state index contributed by atoms with van der Waals surface area (Å²) < 4.78 is 70.0. The minimum Gasteiger partial charge on any atom is -0.368 e. The molecule has 0 bridgehead atoms. The van der Waals surface area contributed by atoms with Crippen molar-refractivity contribution in [1.29, 1.82) is 0 Å². The van der Waals surface area contributed by atoms with Gasteiger partial charge in [0.2, 0.25) is 10.0 Å². The lowest BCUT2D eigenvalue weighted by Crippen LogP contribution is -2.52. The zero-order valence-electron chi connectivity index (χ0n) is 15.5. The monoisotopic (exact) mass is 420 g/mol. The van der Waals surface area contributed by atoms with Crippen molar-refractivity contribution in [2.24, 2.45) is 5.92 Å². The van der Waals surface area contributed by atoms with Crippen molar-refractivity contribution in [2.45, 2.75) is 36.9 Å². The number of carbonyl (C=O) groups excluding carboxylic acids is 1. The van der Waals surface area contributed by atoms with Crippen molar-refractivity contribution in [2.75, 3.05) is 32.8 Å².